The maximum absolute atomic E-state index is 6.34. The van der Waals surface area contributed by atoms with Gasteiger partial charge in [0, 0.05) is 27.4 Å². The first-order chi connectivity index (χ1) is 10.7. The van der Waals surface area contributed by atoms with Crippen LogP contribution in [0.4, 0.5) is 0 Å². The zero-order valence-corrected chi connectivity index (χ0v) is 13.0. The van der Waals surface area contributed by atoms with Crippen LogP contribution in [0.5, 0.6) is 0 Å². The quantitative estimate of drug-likeness (QED) is 0.530. The molecule has 0 saturated heterocycles. The molecular formula is C15H9Cl2N5. The van der Waals surface area contributed by atoms with Crippen LogP contribution in [0.1, 0.15) is 5.69 Å². The number of pyridine rings is 1. The van der Waals surface area contributed by atoms with Crippen LogP contribution in [0.25, 0.3) is 27.9 Å². The molecule has 108 valence electrons. The minimum Gasteiger partial charge on any atom is -0.262 e. The Morgan fingerprint density at radius 1 is 1.05 bits per heavy atom. The highest BCUT2D eigenvalue weighted by Gasteiger charge is 2.16. The van der Waals surface area contributed by atoms with Crippen LogP contribution in [-0.2, 0) is 0 Å². The van der Waals surface area contributed by atoms with Gasteiger partial charge in [-0.1, -0.05) is 29.3 Å². The van der Waals surface area contributed by atoms with E-state index in [2.05, 4.69) is 20.2 Å². The topological polar surface area (TPSA) is 56.0 Å². The Hall–Kier alpha value is -2.24. The van der Waals surface area contributed by atoms with Crippen molar-refractivity contribution in [2.75, 3.05) is 0 Å². The zero-order valence-electron chi connectivity index (χ0n) is 11.5. The van der Waals surface area contributed by atoms with Crippen molar-refractivity contribution in [3.05, 3.63) is 52.5 Å². The second-order valence-electron chi connectivity index (χ2n) is 4.85. The number of nitrogens with zero attached hydrogens (tertiary/aromatic N) is 5. The lowest BCUT2D eigenvalue weighted by atomic mass is 10.1. The SMILES string of the molecule is Cc1nc2c(-c3c(Cl)cccc3Cl)ccnc2n2cnnc12. The van der Waals surface area contributed by atoms with Crippen molar-refractivity contribution >= 4 is 40.0 Å². The molecule has 0 unspecified atom stereocenters. The van der Waals surface area contributed by atoms with E-state index in [1.807, 2.05) is 23.5 Å². The summed E-state index contributed by atoms with van der Waals surface area (Å²) in [5, 5.41) is 9.14. The Balaban J connectivity index is 2.18. The minimum atomic E-state index is 0.573. The first kappa shape index (κ1) is 13.4. The van der Waals surface area contributed by atoms with E-state index in [9.17, 15) is 0 Å². The lowest BCUT2D eigenvalue weighted by Gasteiger charge is -2.11. The number of fused-ring (bicyclic) bond motifs is 3. The number of hydrogen-bond acceptors (Lipinski definition) is 4. The maximum atomic E-state index is 6.34. The van der Waals surface area contributed by atoms with Gasteiger partial charge in [-0.2, -0.15) is 0 Å². The molecule has 0 spiro atoms. The summed E-state index contributed by atoms with van der Waals surface area (Å²) in [6.45, 7) is 1.88. The molecule has 7 heteroatoms. The van der Waals surface area contributed by atoms with Crippen LogP contribution >= 0.6 is 23.2 Å². The van der Waals surface area contributed by atoms with Crippen molar-refractivity contribution in [2.45, 2.75) is 6.92 Å². The number of halogens is 2. The van der Waals surface area contributed by atoms with Crippen molar-refractivity contribution in [2.24, 2.45) is 0 Å². The fraction of sp³-hybridized carbons (Fsp3) is 0.0667. The number of hydrogen-bond donors (Lipinski definition) is 0. The van der Waals surface area contributed by atoms with Gasteiger partial charge < -0.3 is 0 Å². The van der Waals surface area contributed by atoms with Gasteiger partial charge in [-0.3, -0.25) is 4.40 Å². The first-order valence-electron chi connectivity index (χ1n) is 6.56. The second-order valence-corrected chi connectivity index (χ2v) is 5.66. The fourth-order valence-electron chi connectivity index (χ4n) is 2.54. The molecule has 0 bridgehead atoms. The van der Waals surface area contributed by atoms with Gasteiger partial charge in [-0.05, 0) is 25.1 Å². The summed E-state index contributed by atoms with van der Waals surface area (Å²) in [6.07, 6.45) is 3.32. The molecule has 0 aliphatic heterocycles. The van der Waals surface area contributed by atoms with Crippen LogP contribution in [0.3, 0.4) is 0 Å². The van der Waals surface area contributed by atoms with Gasteiger partial charge in [0.05, 0.1) is 5.69 Å². The van der Waals surface area contributed by atoms with Crippen molar-refractivity contribution in [3.63, 3.8) is 0 Å². The zero-order chi connectivity index (χ0) is 15.3. The van der Waals surface area contributed by atoms with Gasteiger partial charge in [0.25, 0.3) is 0 Å². The molecule has 4 aromatic rings. The van der Waals surface area contributed by atoms with Gasteiger partial charge in [0.15, 0.2) is 11.3 Å². The highest BCUT2D eigenvalue weighted by Crippen LogP contribution is 2.37. The third-order valence-corrected chi connectivity index (χ3v) is 4.15. The number of rotatable bonds is 1. The van der Waals surface area contributed by atoms with Crippen molar-refractivity contribution in [1.29, 1.82) is 0 Å². The Kier molecular flexibility index (Phi) is 2.99. The Morgan fingerprint density at radius 3 is 2.59 bits per heavy atom. The summed E-state index contributed by atoms with van der Waals surface area (Å²) in [6, 6.07) is 7.28. The van der Waals surface area contributed by atoms with E-state index in [0.717, 1.165) is 16.8 Å². The molecule has 1 aromatic carbocycles. The van der Waals surface area contributed by atoms with E-state index in [1.165, 1.54) is 0 Å². The van der Waals surface area contributed by atoms with E-state index in [-0.39, 0.29) is 0 Å². The molecule has 0 radical (unpaired) electrons. The molecular weight excluding hydrogens is 321 g/mol. The maximum Gasteiger partial charge on any atom is 0.183 e. The van der Waals surface area contributed by atoms with Crippen LogP contribution in [0.15, 0.2) is 36.8 Å². The number of aromatic nitrogens is 5. The molecule has 0 atom stereocenters. The third kappa shape index (κ3) is 1.86. The van der Waals surface area contributed by atoms with Crippen molar-refractivity contribution in [1.82, 2.24) is 24.6 Å². The fourth-order valence-corrected chi connectivity index (χ4v) is 3.14. The smallest absolute Gasteiger partial charge is 0.183 e. The summed E-state index contributed by atoms with van der Waals surface area (Å²) in [5.74, 6) is 0. The molecule has 22 heavy (non-hydrogen) atoms. The van der Waals surface area contributed by atoms with Crippen LogP contribution < -0.4 is 0 Å². The van der Waals surface area contributed by atoms with Crippen LogP contribution in [-0.4, -0.2) is 24.6 Å². The lowest BCUT2D eigenvalue weighted by Crippen LogP contribution is -1.99. The summed E-state index contributed by atoms with van der Waals surface area (Å²) in [7, 11) is 0. The molecule has 0 saturated carbocycles. The van der Waals surface area contributed by atoms with E-state index >= 15 is 0 Å². The van der Waals surface area contributed by atoms with E-state index in [0.29, 0.717) is 26.9 Å². The largest absolute Gasteiger partial charge is 0.262 e. The van der Waals surface area contributed by atoms with Crippen molar-refractivity contribution < 1.29 is 0 Å². The summed E-state index contributed by atoms with van der Waals surface area (Å²) < 4.78 is 1.81. The average molecular weight is 330 g/mol. The monoisotopic (exact) mass is 329 g/mol. The second kappa shape index (κ2) is 4.90. The number of aryl methyl sites for hydroxylation is 1. The first-order valence-corrected chi connectivity index (χ1v) is 7.32. The molecule has 0 aliphatic rings. The molecule has 0 fully saturated rings. The predicted octanol–water partition coefficient (Wildman–Crippen LogP) is 3.95. The average Bonchev–Trinajstić information content (AvgIpc) is 2.98. The summed E-state index contributed by atoms with van der Waals surface area (Å²) >= 11 is 12.7. The van der Waals surface area contributed by atoms with Crippen LogP contribution in [0.2, 0.25) is 10.0 Å². The van der Waals surface area contributed by atoms with Gasteiger partial charge in [-0.25, -0.2) is 9.97 Å². The van der Waals surface area contributed by atoms with E-state index in [4.69, 9.17) is 23.2 Å². The summed E-state index contributed by atoms with van der Waals surface area (Å²) in [5.41, 5.74) is 4.41. The molecule has 4 rings (SSSR count). The Morgan fingerprint density at radius 2 is 1.82 bits per heavy atom. The predicted molar refractivity (Wildman–Crippen MR) is 86.3 cm³/mol. The lowest BCUT2D eigenvalue weighted by molar-refractivity contribution is 1.10. The Labute approximate surface area is 135 Å². The van der Waals surface area contributed by atoms with E-state index < -0.39 is 0 Å². The van der Waals surface area contributed by atoms with Crippen LogP contribution in [0, 0.1) is 6.92 Å². The van der Waals surface area contributed by atoms with Crippen molar-refractivity contribution in [3.8, 4) is 11.1 Å². The standard InChI is InChI=1S/C15H9Cl2N5/c1-8-14-21-19-7-22(14)15-13(20-8)9(5-6-18-15)12-10(16)3-2-4-11(12)17/h2-7H,1H3. The minimum absolute atomic E-state index is 0.573. The molecule has 0 amide bonds. The molecule has 3 heterocycles. The Bertz CT molecular complexity index is 1000. The highest BCUT2D eigenvalue weighted by molar-refractivity contribution is 6.39. The molecule has 5 nitrogen and oxygen atoms in total. The normalized spacial score (nSPS) is 11.4. The van der Waals surface area contributed by atoms with Gasteiger partial charge in [0.1, 0.15) is 11.8 Å². The number of benzene rings is 1. The molecule has 0 N–H and O–H groups in total. The van der Waals surface area contributed by atoms with Gasteiger partial charge in [-0.15, -0.1) is 10.2 Å². The summed E-state index contributed by atoms with van der Waals surface area (Å²) in [4.78, 5) is 9.03. The molecule has 0 aliphatic carbocycles. The van der Waals surface area contributed by atoms with Gasteiger partial charge in [0.2, 0.25) is 0 Å². The van der Waals surface area contributed by atoms with Gasteiger partial charge >= 0.3 is 0 Å². The molecule has 3 aromatic heterocycles. The van der Waals surface area contributed by atoms with E-state index in [1.54, 1.807) is 24.7 Å². The third-order valence-electron chi connectivity index (χ3n) is 3.52. The highest BCUT2D eigenvalue weighted by atomic mass is 35.5.